The van der Waals surface area contributed by atoms with Gasteiger partial charge in [0.05, 0.1) is 10.2 Å². The molecule has 0 radical (unpaired) electrons. The average Bonchev–Trinajstić information content (AvgIpc) is 3.15. The molecule has 1 fully saturated rings. The first-order chi connectivity index (χ1) is 17.9. The summed E-state index contributed by atoms with van der Waals surface area (Å²) < 4.78 is 8.03. The molecule has 2 atom stereocenters. The Hall–Kier alpha value is -3.66. The van der Waals surface area contributed by atoms with Gasteiger partial charge in [-0.2, -0.15) is 0 Å². The van der Waals surface area contributed by atoms with Crippen LogP contribution in [0.4, 0.5) is 4.79 Å². The molecule has 1 aromatic heterocycles. The highest BCUT2D eigenvalue weighted by Gasteiger charge is 2.36. The number of ether oxygens (including phenoxy) is 1. The lowest BCUT2D eigenvalue weighted by Gasteiger charge is -2.36. The molecule has 38 heavy (non-hydrogen) atoms. The van der Waals surface area contributed by atoms with Crippen molar-refractivity contribution in [2.45, 2.75) is 64.1 Å². The molecule has 0 aliphatic carbocycles. The van der Waals surface area contributed by atoms with Gasteiger partial charge in [-0.1, -0.05) is 41.7 Å². The van der Waals surface area contributed by atoms with Crippen LogP contribution in [0.15, 0.2) is 47.3 Å². The van der Waals surface area contributed by atoms with Crippen molar-refractivity contribution in [3.8, 4) is 11.1 Å². The normalized spacial score (nSPS) is 16.7. The van der Waals surface area contributed by atoms with E-state index in [0.717, 1.165) is 39.7 Å². The number of nitrogens with two attached hydrogens (primary N) is 1. The smallest absolute Gasteiger partial charge is 0.410 e. The van der Waals surface area contributed by atoms with Crippen molar-refractivity contribution in [3.63, 3.8) is 0 Å². The summed E-state index contributed by atoms with van der Waals surface area (Å²) in [6.07, 6.45) is 1.76. The highest BCUT2D eigenvalue weighted by atomic mass is 32.1. The third-order valence-corrected chi connectivity index (χ3v) is 7.61. The first kappa shape index (κ1) is 27.4. The van der Waals surface area contributed by atoms with Crippen LogP contribution in [0.1, 0.15) is 45.6 Å². The zero-order valence-corrected chi connectivity index (χ0v) is 23.0. The van der Waals surface area contributed by atoms with Gasteiger partial charge in [0.25, 0.3) is 0 Å². The zero-order valence-electron chi connectivity index (χ0n) is 22.2. The fraction of sp³-hybridized carbons (Fsp3) is 0.429. The maximum Gasteiger partial charge on any atom is 0.410 e. The van der Waals surface area contributed by atoms with Crippen molar-refractivity contribution >= 4 is 39.5 Å². The number of fused-ring (bicyclic) bond motifs is 1. The number of rotatable bonds is 6. The van der Waals surface area contributed by atoms with Gasteiger partial charge in [0.2, 0.25) is 11.8 Å². The highest BCUT2D eigenvalue weighted by Crippen LogP contribution is 2.26. The number of hydrogen-bond acceptors (Lipinski definition) is 6. The first-order valence-corrected chi connectivity index (χ1v) is 13.5. The average molecular weight is 539 g/mol. The number of carbonyl (C=O) groups excluding carboxylic acids is 3. The number of carbonyl (C=O) groups is 3. The molecule has 1 unspecified atom stereocenters. The summed E-state index contributed by atoms with van der Waals surface area (Å²) >= 11 is 1.21. The number of amides is 3. The van der Waals surface area contributed by atoms with Crippen LogP contribution in [0.25, 0.3) is 21.3 Å². The predicted octanol–water partition coefficient (Wildman–Crippen LogP) is 3.57. The van der Waals surface area contributed by atoms with Gasteiger partial charge in [-0.05, 0) is 68.9 Å². The summed E-state index contributed by atoms with van der Waals surface area (Å²) in [6.45, 7) is 5.75. The molecule has 2 aromatic carbocycles. The molecule has 0 spiro atoms. The van der Waals surface area contributed by atoms with E-state index in [4.69, 9.17) is 10.5 Å². The maximum absolute atomic E-state index is 13.2. The number of aryl methyl sites for hydroxylation is 1. The van der Waals surface area contributed by atoms with E-state index in [1.54, 1.807) is 32.4 Å². The molecule has 1 saturated heterocycles. The third-order valence-electron chi connectivity index (χ3n) is 6.61. The molecule has 202 valence electrons. The largest absolute Gasteiger partial charge is 0.444 e. The topological polar surface area (TPSA) is 124 Å². The van der Waals surface area contributed by atoms with Gasteiger partial charge in [-0.25, -0.2) is 4.79 Å². The second-order valence-corrected chi connectivity index (χ2v) is 11.7. The zero-order chi connectivity index (χ0) is 27.6. The Morgan fingerprint density at radius 3 is 2.45 bits per heavy atom. The number of thiazole rings is 1. The van der Waals surface area contributed by atoms with Crippen molar-refractivity contribution in [2.75, 3.05) is 6.54 Å². The predicted molar refractivity (Wildman–Crippen MR) is 148 cm³/mol. The van der Waals surface area contributed by atoms with Crippen LogP contribution in [0, 0.1) is 0 Å². The van der Waals surface area contributed by atoms with Crippen molar-refractivity contribution in [2.24, 2.45) is 12.8 Å². The quantitative estimate of drug-likeness (QED) is 0.497. The molecular formula is C28H34N4O5S. The van der Waals surface area contributed by atoms with Crippen molar-refractivity contribution < 1.29 is 19.1 Å². The Kier molecular flexibility index (Phi) is 7.91. The van der Waals surface area contributed by atoms with E-state index in [0.29, 0.717) is 13.0 Å². The van der Waals surface area contributed by atoms with Crippen LogP contribution in [-0.2, 0) is 27.8 Å². The number of hydrogen-bond donors (Lipinski definition) is 2. The van der Waals surface area contributed by atoms with E-state index in [2.05, 4.69) is 5.32 Å². The fourth-order valence-electron chi connectivity index (χ4n) is 4.62. The van der Waals surface area contributed by atoms with E-state index in [1.165, 1.54) is 16.2 Å². The Labute approximate surface area is 225 Å². The number of aromatic nitrogens is 1. The maximum atomic E-state index is 13.2. The van der Waals surface area contributed by atoms with Crippen LogP contribution in [0.3, 0.4) is 0 Å². The molecule has 1 aliphatic heterocycles. The minimum Gasteiger partial charge on any atom is -0.444 e. The van der Waals surface area contributed by atoms with Gasteiger partial charge < -0.3 is 20.4 Å². The van der Waals surface area contributed by atoms with Crippen LogP contribution in [-0.4, -0.2) is 51.6 Å². The summed E-state index contributed by atoms with van der Waals surface area (Å²) in [5, 5.41) is 2.76. The monoisotopic (exact) mass is 538 g/mol. The van der Waals surface area contributed by atoms with Gasteiger partial charge in [0.1, 0.15) is 17.7 Å². The SMILES string of the molecule is Cn1c(=O)sc2cc(-c3ccc(C[C@H](NC(=O)C4CCCCN4C(=O)OC(C)(C)C)C(N)=O)cc3)ccc21. The van der Waals surface area contributed by atoms with Crippen molar-refractivity contribution in [3.05, 3.63) is 57.7 Å². The molecule has 3 N–H and O–H groups in total. The van der Waals surface area contributed by atoms with E-state index < -0.39 is 35.6 Å². The summed E-state index contributed by atoms with van der Waals surface area (Å²) in [6, 6.07) is 11.9. The molecule has 3 aromatic rings. The Balaban J connectivity index is 1.45. The minimum atomic E-state index is -0.922. The Bertz CT molecular complexity index is 1400. The molecule has 0 saturated carbocycles. The second kappa shape index (κ2) is 11.0. The molecule has 1 aliphatic rings. The van der Waals surface area contributed by atoms with Gasteiger partial charge in [-0.15, -0.1) is 0 Å². The minimum absolute atomic E-state index is 0.00511. The number of likely N-dealkylation sites (tertiary alicyclic amines) is 1. The Morgan fingerprint density at radius 2 is 1.79 bits per heavy atom. The lowest BCUT2D eigenvalue weighted by atomic mass is 9.99. The van der Waals surface area contributed by atoms with Crippen LogP contribution in [0.2, 0.25) is 0 Å². The number of nitrogens with one attached hydrogen (secondary N) is 1. The van der Waals surface area contributed by atoms with Crippen LogP contribution >= 0.6 is 11.3 Å². The molecule has 0 bridgehead atoms. The van der Waals surface area contributed by atoms with Gasteiger partial charge in [0, 0.05) is 20.0 Å². The third kappa shape index (κ3) is 6.24. The van der Waals surface area contributed by atoms with Crippen molar-refractivity contribution in [1.82, 2.24) is 14.8 Å². The Morgan fingerprint density at radius 1 is 1.11 bits per heavy atom. The van der Waals surface area contributed by atoms with Gasteiger partial charge in [-0.3, -0.25) is 19.3 Å². The summed E-state index contributed by atoms with van der Waals surface area (Å²) in [4.78, 5) is 51.5. The lowest BCUT2D eigenvalue weighted by molar-refractivity contribution is -0.131. The van der Waals surface area contributed by atoms with Crippen LogP contribution < -0.4 is 15.9 Å². The second-order valence-electron chi connectivity index (χ2n) is 10.7. The molecular weight excluding hydrogens is 504 g/mol. The highest BCUT2D eigenvalue weighted by molar-refractivity contribution is 7.16. The van der Waals surface area contributed by atoms with Gasteiger partial charge >= 0.3 is 11.0 Å². The lowest BCUT2D eigenvalue weighted by Crippen LogP contribution is -2.56. The summed E-state index contributed by atoms with van der Waals surface area (Å²) in [5.41, 5.74) is 8.63. The number of piperidine rings is 1. The van der Waals surface area contributed by atoms with E-state index in [-0.39, 0.29) is 11.3 Å². The van der Waals surface area contributed by atoms with E-state index in [9.17, 15) is 19.2 Å². The molecule has 10 heteroatoms. The molecule has 9 nitrogen and oxygen atoms in total. The van der Waals surface area contributed by atoms with Crippen LogP contribution in [0.5, 0.6) is 0 Å². The van der Waals surface area contributed by atoms with E-state index in [1.807, 2.05) is 42.5 Å². The molecule has 4 rings (SSSR count). The number of nitrogens with zero attached hydrogens (tertiary/aromatic N) is 2. The fourth-order valence-corrected chi connectivity index (χ4v) is 5.54. The first-order valence-electron chi connectivity index (χ1n) is 12.7. The summed E-state index contributed by atoms with van der Waals surface area (Å²) in [5.74, 6) is -1.06. The standard InChI is InChI=1S/C28H34N4O5S/c1-28(2,3)37-26(35)32-14-6-5-7-22(32)25(34)30-20(24(29)33)15-17-8-10-18(11-9-17)19-12-13-21-23(16-19)38-27(36)31(21)4/h8-13,16,20,22H,5-7,14-15H2,1-4H3,(H2,29,33)(H,30,34)/t20-,22?/m0/s1. The molecule has 2 heterocycles. The van der Waals surface area contributed by atoms with Crippen molar-refractivity contribution in [1.29, 1.82) is 0 Å². The number of benzene rings is 2. The number of primary amides is 1. The van der Waals surface area contributed by atoms with Gasteiger partial charge in [0.15, 0.2) is 0 Å². The summed E-state index contributed by atoms with van der Waals surface area (Å²) in [7, 11) is 1.76. The van der Waals surface area contributed by atoms with E-state index >= 15 is 0 Å². The molecule has 3 amide bonds.